The maximum absolute atomic E-state index is 13.0. The summed E-state index contributed by atoms with van der Waals surface area (Å²) in [5, 5.41) is 5.33. The molecule has 1 heterocycles. The molecular weight excluding hydrogens is 302 g/mol. The fourth-order valence-electron chi connectivity index (χ4n) is 2.74. The number of aryl methyl sites for hydroxylation is 1. The van der Waals surface area contributed by atoms with Gasteiger partial charge in [0, 0.05) is 25.5 Å². The molecule has 0 N–H and O–H groups in total. The molecule has 5 nitrogen and oxygen atoms in total. The van der Waals surface area contributed by atoms with E-state index < -0.39 is 0 Å². The van der Waals surface area contributed by atoms with Gasteiger partial charge in [0.2, 0.25) is 0 Å². The lowest BCUT2D eigenvalue weighted by molar-refractivity contribution is 0.0746. The summed E-state index contributed by atoms with van der Waals surface area (Å²) in [5.41, 5.74) is 1.17. The monoisotopic (exact) mass is 321 g/mol. The molecule has 0 saturated carbocycles. The Hall–Kier alpha value is -2.95. The summed E-state index contributed by atoms with van der Waals surface area (Å²) in [6.45, 7) is 3.01. The van der Waals surface area contributed by atoms with Crippen molar-refractivity contribution in [1.29, 1.82) is 0 Å². The summed E-state index contributed by atoms with van der Waals surface area (Å²) in [6.07, 6.45) is 0. The molecule has 5 heteroatoms. The molecule has 0 spiro atoms. The van der Waals surface area contributed by atoms with Gasteiger partial charge in [-0.25, -0.2) is 4.68 Å². The molecule has 0 bridgehead atoms. The molecule has 0 radical (unpaired) electrons. The number of fused-ring (bicyclic) bond motifs is 1. The summed E-state index contributed by atoms with van der Waals surface area (Å²) in [4.78, 5) is 26.9. The second kappa shape index (κ2) is 6.66. The predicted molar refractivity (Wildman–Crippen MR) is 93.8 cm³/mol. The van der Waals surface area contributed by atoms with E-state index in [2.05, 4.69) is 5.10 Å². The highest BCUT2D eigenvalue weighted by Gasteiger charge is 2.20. The quantitative estimate of drug-likeness (QED) is 0.742. The number of rotatable bonds is 4. The lowest BCUT2D eigenvalue weighted by Gasteiger charge is -2.21. The molecule has 0 atom stereocenters. The Morgan fingerprint density at radius 2 is 1.67 bits per heavy atom. The van der Waals surface area contributed by atoms with Crippen LogP contribution in [0.3, 0.4) is 0 Å². The molecule has 24 heavy (non-hydrogen) atoms. The van der Waals surface area contributed by atoms with Crippen molar-refractivity contribution in [2.24, 2.45) is 7.05 Å². The Kier molecular flexibility index (Phi) is 4.42. The van der Waals surface area contributed by atoms with Gasteiger partial charge in [-0.3, -0.25) is 9.59 Å². The Balaban J connectivity index is 2.04. The lowest BCUT2D eigenvalue weighted by Crippen LogP contribution is -2.33. The molecule has 0 aliphatic carbocycles. The number of benzene rings is 2. The van der Waals surface area contributed by atoms with Gasteiger partial charge in [-0.05, 0) is 18.6 Å². The van der Waals surface area contributed by atoms with Crippen LogP contribution >= 0.6 is 0 Å². The first-order valence-corrected chi connectivity index (χ1v) is 7.91. The molecule has 0 unspecified atom stereocenters. The molecule has 1 amide bonds. The highest BCUT2D eigenvalue weighted by atomic mass is 16.2. The molecule has 1 aromatic heterocycles. The topological polar surface area (TPSA) is 55.2 Å². The second-order valence-corrected chi connectivity index (χ2v) is 5.63. The van der Waals surface area contributed by atoms with E-state index in [9.17, 15) is 9.59 Å². The lowest BCUT2D eigenvalue weighted by atomic mass is 10.1. The fourth-order valence-corrected chi connectivity index (χ4v) is 2.74. The highest BCUT2D eigenvalue weighted by molar-refractivity contribution is 6.04. The zero-order chi connectivity index (χ0) is 17.1. The van der Waals surface area contributed by atoms with Crippen LogP contribution in [0.1, 0.15) is 23.0 Å². The van der Waals surface area contributed by atoms with E-state index in [0.717, 1.165) is 5.56 Å². The van der Waals surface area contributed by atoms with Crippen LogP contribution in [-0.2, 0) is 13.6 Å². The van der Waals surface area contributed by atoms with Gasteiger partial charge in [-0.1, -0.05) is 48.5 Å². The van der Waals surface area contributed by atoms with Gasteiger partial charge in [0.25, 0.3) is 11.5 Å². The summed E-state index contributed by atoms with van der Waals surface area (Å²) in [6, 6.07) is 16.9. The molecule has 122 valence electrons. The van der Waals surface area contributed by atoms with Crippen molar-refractivity contribution in [2.45, 2.75) is 13.5 Å². The van der Waals surface area contributed by atoms with Gasteiger partial charge in [-0.15, -0.1) is 0 Å². The standard InChI is InChI=1S/C19H19N3O2/c1-3-22(13-14-9-5-4-6-10-14)19(24)17-15-11-7-8-12-16(15)18(23)21(2)20-17/h4-12H,3,13H2,1-2H3. The first-order chi connectivity index (χ1) is 11.6. The third-order valence-corrected chi connectivity index (χ3v) is 4.04. The SMILES string of the molecule is CCN(Cc1ccccc1)C(=O)c1nn(C)c(=O)c2ccccc12. The normalized spacial score (nSPS) is 10.8. The van der Waals surface area contributed by atoms with Crippen LogP contribution in [0.5, 0.6) is 0 Å². The Morgan fingerprint density at radius 3 is 2.33 bits per heavy atom. The van der Waals surface area contributed by atoms with E-state index in [-0.39, 0.29) is 11.5 Å². The van der Waals surface area contributed by atoms with Crippen LogP contribution in [0.25, 0.3) is 10.8 Å². The number of nitrogens with zero attached hydrogens (tertiary/aromatic N) is 3. The number of carbonyl (C=O) groups excluding carboxylic acids is 1. The number of hydrogen-bond acceptors (Lipinski definition) is 3. The van der Waals surface area contributed by atoms with Crippen molar-refractivity contribution < 1.29 is 4.79 Å². The van der Waals surface area contributed by atoms with Crippen LogP contribution in [0.15, 0.2) is 59.4 Å². The smallest absolute Gasteiger partial charge is 0.275 e. The third-order valence-electron chi connectivity index (χ3n) is 4.04. The molecule has 0 aliphatic rings. The Labute approximate surface area is 140 Å². The number of carbonyl (C=O) groups is 1. The molecule has 0 saturated heterocycles. The van der Waals surface area contributed by atoms with Gasteiger partial charge < -0.3 is 4.90 Å². The minimum absolute atomic E-state index is 0.173. The minimum Gasteiger partial charge on any atom is -0.333 e. The van der Waals surface area contributed by atoms with Crippen molar-refractivity contribution in [3.05, 3.63) is 76.2 Å². The number of aromatic nitrogens is 2. The summed E-state index contributed by atoms with van der Waals surface area (Å²) < 4.78 is 1.23. The van der Waals surface area contributed by atoms with E-state index in [1.807, 2.05) is 43.3 Å². The zero-order valence-corrected chi connectivity index (χ0v) is 13.8. The van der Waals surface area contributed by atoms with E-state index in [1.54, 1.807) is 30.1 Å². The molecule has 3 aromatic rings. The van der Waals surface area contributed by atoms with Gasteiger partial charge in [0.1, 0.15) is 0 Å². The first kappa shape index (κ1) is 15.9. The minimum atomic E-state index is -0.201. The van der Waals surface area contributed by atoms with Crippen molar-refractivity contribution >= 4 is 16.7 Å². The molecule has 0 fully saturated rings. The van der Waals surface area contributed by atoms with Crippen molar-refractivity contribution in [1.82, 2.24) is 14.7 Å². The molecule has 3 rings (SSSR count). The van der Waals surface area contributed by atoms with Crippen LogP contribution in [0.4, 0.5) is 0 Å². The van der Waals surface area contributed by atoms with E-state index in [0.29, 0.717) is 29.6 Å². The van der Waals surface area contributed by atoms with Crippen molar-refractivity contribution in [2.75, 3.05) is 6.54 Å². The van der Waals surface area contributed by atoms with E-state index in [4.69, 9.17) is 0 Å². The summed E-state index contributed by atoms with van der Waals surface area (Å²) >= 11 is 0. The number of amides is 1. The Bertz CT molecular complexity index is 932. The van der Waals surface area contributed by atoms with Gasteiger partial charge in [-0.2, -0.15) is 5.10 Å². The van der Waals surface area contributed by atoms with Gasteiger partial charge in [0.05, 0.1) is 5.39 Å². The van der Waals surface area contributed by atoms with E-state index in [1.165, 1.54) is 4.68 Å². The number of hydrogen-bond donors (Lipinski definition) is 0. The summed E-state index contributed by atoms with van der Waals surface area (Å²) in [5.74, 6) is -0.173. The Morgan fingerprint density at radius 1 is 1.04 bits per heavy atom. The van der Waals surface area contributed by atoms with Crippen molar-refractivity contribution in [3.63, 3.8) is 0 Å². The maximum atomic E-state index is 13.0. The average molecular weight is 321 g/mol. The first-order valence-electron chi connectivity index (χ1n) is 7.91. The zero-order valence-electron chi connectivity index (χ0n) is 13.8. The third kappa shape index (κ3) is 2.93. The maximum Gasteiger partial charge on any atom is 0.275 e. The van der Waals surface area contributed by atoms with Crippen molar-refractivity contribution in [3.8, 4) is 0 Å². The molecule has 2 aromatic carbocycles. The van der Waals surface area contributed by atoms with Crippen LogP contribution < -0.4 is 5.56 Å². The highest BCUT2D eigenvalue weighted by Crippen LogP contribution is 2.16. The van der Waals surface area contributed by atoms with Crippen LogP contribution in [0.2, 0.25) is 0 Å². The average Bonchev–Trinajstić information content (AvgIpc) is 2.63. The van der Waals surface area contributed by atoms with Crippen LogP contribution in [0, 0.1) is 0 Å². The molecular formula is C19H19N3O2. The van der Waals surface area contributed by atoms with E-state index >= 15 is 0 Å². The largest absolute Gasteiger partial charge is 0.333 e. The van der Waals surface area contributed by atoms with Crippen LogP contribution in [-0.4, -0.2) is 27.1 Å². The van der Waals surface area contributed by atoms with Gasteiger partial charge >= 0.3 is 0 Å². The predicted octanol–water partition coefficient (Wildman–Crippen LogP) is 2.60. The second-order valence-electron chi connectivity index (χ2n) is 5.63. The molecule has 0 aliphatic heterocycles. The van der Waals surface area contributed by atoms with Gasteiger partial charge in [0.15, 0.2) is 5.69 Å². The summed E-state index contributed by atoms with van der Waals surface area (Å²) in [7, 11) is 1.57. The fraction of sp³-hybridized carbons (Fsp3) is 0.211.